The molecule has 1 aromatic heterocycles. The third kappa shape index (κ3) is 2.89. The van der Waals surface area contributed by atoms with Gasteiger partial charge >= 0.3 is 0 Å². The molecule has 15 heavy (non-hydrogen) atoms. The molecule has 1 atom stereocenters. The van der Waals surface area contributed by atoms with E-state index >= 15 is 0 Å². The van der Waals surface area contributed by atoms with E-state index in [0.717, 1.165) is 12.2 Å². The Bertz CT molecular complexity index is 294. The van der Waals surface area contributed by atoms with E-state index in [9.17, 15) is 0 Å². The molecule has 1 aliphatic heterocycles. The number of methoxy groups -OCH3 is 1. The van der Waals surface area contributed by atoms with Crippen LogP contribution in [0.2, 0.25) is 0 Å². The monoisotopic (exact) mass is 209 g/mol. The van der Waals surface area contributed by atoms with E-state index in [0.29, 0.717) is 13.2 Å². The molecular weight excluding hydrogens is 194 g/mol. The van der Waals surface area contributed by atoms with Crippen molar-refractivity contribution in [3.05, 3.63) is 24.5 Å². The Labute approximate surface area is 89.0 Å². The normalized spacial score (nSPS) is 22.6. The second-order valence-electron chi connectivity index (χ2n) is 3.34. The highest BCUT2D eigenvalue weighted by Gasteiger charge is 2.19. The third-order valence-electron chi connectivity index (χ3n) is 2.25. The molecule has 5 nitrogen and oxygen atoms in total. The van der Waals surface area contributed by atoms with Gasteiger partial charge in [-0.05, 0) is 12.1 Å². The van der Waals surface area contributed by atoms with Crippen molar-refractivity contribution in [2.75, 3.05) is 32.2 Å². The number of hydrogen-bond donors (Lipinski definition) is 1. The van der Waals surface area contributed by atoms with Crippen LogP contribution < -0.4 is 5.43 Å². The minimum absolute atomic E-state index is 0.150. The van der Waals surface area contributed by atoms with Gasteiger partial charge in [-0.3, -0.25) is 4.98 Å². The lowest BCUT2D eigenvalue weighted by molar-refractivity contribution is -0.160. The zero-order valence-corrected chi connectivity index (χ0v) is 8.72. The topological polar surface area (TPSA) is 46.6 Å². The summed E-state index contributed by atoms with van der Waals surface area (Å²) < 4.78 is 10.5. The van der Waals surface area contributed by atoms with E-state index in [4.69, 9.17) is 9.47 Å². The van der Waals surface area contributed by atoms with E-state index in [-0.39, 0.29) is 6.29 Å². The van der Waals surface area contributed by atoms with Gasteiger partial charge in [0.1, 0.15) is 0 Å². The summed E-state index contributed by atoms with van der Waals surface area (Å²) in [4.78, 5) is 4.04. The fraction of sp³-hybridized carbons (Fsp3) is 0.500. The predicted octanol–water partition coefficient (Wildman–Crippen LogP) is 0.713. The molecule has 1 aromatic rings. The van der Waals surface area contributed by atoms with Crippen molar-refractivity contribution in [2.45, 2.75) is 6.29 Å². The van der Waals surface area contributed by atoms with Gasteiger partial charge < -0.3 is 14.9 Å². The quantitative estimate of drug-likeness (QED) is 0.794. The average molecular weight is 209 g/mol. The lowest BCUT2D eigenvalue weighted by atomic mass is 10.4. The van der Waals surface area contributed by atoms with E-state index < -0.39 is 0 Å². The Morgan fingerprint density at radius 3 is 3.33 bits per heavy atom. The van der Waals surface area contributed by atoms with Crippen LogP contribution in [-0.2, 0) is 9.47 Å². The summed E-state index contributed by atoms with van der Waals surface area (Å²) in [5.41, 5.74) is 4.24. The molecule has 1 saturated heterocycles. The first-order valence-electron chi connectivity index (χ1n) is 4.94. The Morgan fingerprint density at radius 2 is 2.60 bits per heavy atom. The van der Waals surface area contributed by atoms with Crippen molar-refractivity contribution in [1.29, 1.82) is 0 Å². The number of nitrogens with one attached hydrogen (secondary N) is 1. The minimum atomic E-state index is -0.150. The molecule has 0 spiro atoms. The number of morpholine rings is 1. The first-order chi connectivity index (χ1) is 7.38. The molecule has 0 radical (unpaired) electrons. The van der Waals surface area contributed by atoms with Gasteiger partial charge in [0.05, 0.1) is 25.0 Å². The summed E-state index contributed by atoms with van der Waals surface area (Å²) in [5, 5.41) is 2.06. The Hall–Kier alpha value is -1.17. The molecule has 0 amide bonds. The largest absolute Gasteiger partial charge is 0.354 e. The van der Waals surface area contributed by atoms with Gasteiger partial charge in [-0.2, -0.15) is 0 Å². The molecule has 0 bridgehead atoms. The number of nitrogens with zero attached hydrogens (tertiary/aromatic N) is 2. The van der Waals surface area contributed by atoms with Crippen LogP contribution in [0.1, 0.15) is 0 Å². The maximum absolute atomic E-state index is 5.38. The highest BCUT2D eigenvalue weighted by Crippen LogP contribution is 2.09. The number of pyridine rings is 1. The number of anilines is 1. The van der Waals surface area contributed by atoms with Gasteiger partial charge in [0.25, 0.3) is 0 Å². The number of hydrogen-bond acceptors (Lipinski definition) is 5. The third-order valence-corrected chi connectivity index (χ3v) is 2.25. The first-order valence-corrected chi connectivity index (χ1v) is 4.94. The number of aromatic nitrogens is 1. The molecule has 82 valence electrons. The number of hydrazine groups is 1. The lowest BCUT2D eigenvalue weighted by Crippen LogP contribution is -2.46. The minimum Gasteiger partial charge on any atom is -0.354 e. The summed E-state index contributed by atoms with van der Waals surface area (Å²) >= 11 is 0. The van der Waals surface area contributed by atoms with Crippen LogP contribution in [-0.4, -0.2) is 43.1 Å². The average Bonchev–Trinajstić information content (AvgIpc) is 2.31. The summed E-state index contributed by atoms with van der Waals surface area (Å²) in [6, 6.07) is 3.88. The predicted molar refractivity (Wildman–Crippen MR) is 56.2 cm³/mol. The van der Waals surface area contributed by atoms with E-state index in [1.165, 1.54) is 0 Å². The lowest BCUT2D eigenvalue weighted by Gasteiger charge is -2.32. The van der Waals surface area contributed by atoms with Gasteiger partial charge in [0, 0.05) is 19.9 Å². The van der Waals surface area contributed by atoms with E-state index in [2.05, 4.69) is 15.4 Å². The molecule has 0 saturated carbocycles. The van der Waals surface area contributed by atoms with Crippen molar-refractivity contribution in [2.24, 2.45) is 0 Å². The molecule has 1 unspecified atom stereocenters. The molecule has 2 rings (SSSR count). The van der Waals surface area contributed by atoms with Crippen molar-refractivity contribution in [3.63, 3.8) is 0 Å². The van der Waals surface area contributed by atoms with Crippen LogP contribution in [0, 0.1) is 0 Å². The van der Waals surface area contributed by atoms with Gasteiger partial charge in [-0.25, -0.2) is 5.01 Å². The second-order valence-corrected chi connectivity index (χ2v) is 3.34. The number of rotatable bonds is 3. The zero-order valence-electron chi connectivity index (χ0n) is 8.72. The summed E-state index contributed by atoms with van der Waals surface area (Å²) in [6.45, 7) is 2.23. The van der Waals surface area contributed by atoms with Crippen LogP contribution in [0.5, 0.6) is 0 Å². The van der Waals surface area contributed by atoms with Crippen molar-refractivity contribution >= 4 is 5.69 Å². The van der Waals surface area contributed by atoms with Crippen molar-refractivity contribution < 1.29 is 9.47 Å². The maximum Gasteiger partial charge on any atom is 0.171 e. The summed E-state index contributed by atoms with van der Waals surface area (Å²) in [6.07, 6.45) is 3.39. The molecule has 0 aromatic carbocycles. The Kier molecular flexibility index (Phi) is 3.49. The van der Waals surface area contributed by atoms with Gasteiger partial charge in [0.2, 0.25) is 0 Å². The van der Waals surface area contributed by atoms with Crippen molar-refractivity contribution in [3.8, 4) is 0 Å². The summed E-state index contributed by atoms with van der Waals surface area (Å²) in [5.74, 6) is 0. The molecule has 5 heteroatoms. The number of ether oxygens (including phenoxy) is 2. The molecular formula is C10H15N3O2. The smallest absolute Gasteiger partial charge is 0.171 e. The summed E-state index contributed by atoms with van der Waals surface area (Å²) in [7, 11) is 1.65. The Balaban J connectivity index is 1.89. The highest BCUT2D eigenvalue weighted by molar-refractivity contribution is 5.38. The molecule has 1 aliphatic rings. The van der Waals surface area contributed by atoms with Crippen LogP contribution in [0.25, 0.3) is 0 Å². The zero-order chi connectivity index (χ0) is 10.5. The van der Waals surface area contributed by atoms with Gasteiger partial charge in [0.15, 0.2) is 6.29 Å². The van der Waals surface area contributed by atoms with Crippen LogP contribution in [0.3, 0.4) is 0 Å². The molecule has 1 N–H and O–H groups in total. The van der Waals surface area contributed by atoms with Gasteiger partial charge in [-0.15, -0.1) is 0 Å². The molecule has 2 heterocycles. The fourth-order valence-corrected chi connectivity index (χ4v) is 1.47. The highest BCUT2D eigenvalue weighted by atomic mass is 16.7. The van der Waals surface area contributed by atoms with Crippen LogP contribution in [0.15, 0.2) is 24.5 Å². The maximum atomic E-state index is 5.38. The first kappa shape index (κ1) is 10.4. The van der Waals surface area contributed by atoms with E-state index in [1.807, 2.05) is 12.1 Å². The molecule has 1 fully saturated rings. The van der Waals surface area contributed by atoms with Gasteiger partial charge in [-0.1, -0.05) is 0 Å². The van der Waals surface area contributed by atoms with Crippen LogP contribution >= 0.6 is 0 Å². The fourth-order valence-electron chi connectivity index (χ4n) is 1.47. The standard InChI is InChI=1S/C10H15N3O2/c1-14-10-8-13(5-6-15-10)12-9-3-2-4-11-7-9/h2-4,7,10,12H,5-6,8H2,1H3. The Morgan fingerprint density at radius 1 is 1.67 bits per heavy atom. The SMILES string of the molecule is COC1CN(Nc2cccnc2)CCO1. The van der Waals surface area contributed by atoms with E-state index in [1.54, 1.807) is 19.5 Å². The second kappa shape index (κ2) is 5.06. The van der Waals surface area contributed by atoms with Crippen molar-refractivity contribution in [1.82, 2.24) is 9.99 Å². The van der Waals surface area contributed by atoms with Crippen LogP contribution in [0.4, 0.5) is 5.69 Å². The molecule has 0 aliphatic carbocycles.